The second kappa shape index (κ2) is 8.34. The zero-order chi connectivity index (χ0) is 22.2. The number of allylic oxidation sites excluding steroid dienone is 3. The monoisotopic (exact) mass is 436 g/mol. The number of dihydropyridines is 1. The van der Waals surface area contributed by atoms with Crippen molar-refractivity contribution in [2.24, 2.45) is 0 Å². The molecule has 9 nitrogen and oxygen atoms in total. The molecular weight excluding hydrogens is 411 g/mol. The molecule has 0 amide bonds. The lowest BCUT2D eigenvalue weighted by atomic mass is 9.85. The highest BCUT2D eigenvalue weighted by molar-refractivity contribution is 7.58. The molecule has 1 aromatic carbocycles. The lowest BCUT2D eigenvalue weighted by Crippen LogP contribution is -2.32. The van der Waals surface area contributed by atoms with Gasteiger partial charge in [0.25, 0.3) is 5.69 Å². The third kappa shape index (κ3) is 3.93. The molecule has 3 atom stereocenters. The number of hydrogen-bond acceptors (Lipinski definition) is 8. The highest BCUT2D eigenvalue weighted by Crippen LogP contribution is 2.67. The Bertz CT molecular complexity index is 987. The molecule has 0 radical (unpaired) electrons. The zero-order valence-electron chi connectivity index (χ0n) is 17.5. The number of nitrogens with one attached hydrogen (secondary N) is 1. The van der Waals surface area contributed by atoms with Crippen molar-refractivity contribution in [2.75, 3.05) is 7.11 Å². The first kappa shape index (κ1) is 22.2. The van der Waals surface area contributed by atoms with Crippen LogP contribution in [0.3, 0.4) is 0 Å². The molecule has 0 bridgehead atoms. The molecule has 2 heterocycles. The summed E-state index contributed by atoms with van der Waals surface area (Å²) < 4.78 is 30.5. The molecule has 162 valence electrons. The molecule has 2 aliphatic heterocycles. The number of nitro groups is 1. The molecule has 1 saturated heterocycles. The number of carbonyl (C=O) groups is 1. The minimum Gasteiger partial charge on any atom is -0.466 e. The number of methoxy groups -OCH3 is 1. The third-order valence-electron chi connectivity index (χ3n) is 5.17. The van der Waals surface area contributed by atoms with Crippen LogP contribution in [0.5, 0.6) is 0 Å². The van der Waals surface area contributed by atoms with Crippen molar-refractivity contribution in [3.8, 4) is 0 Å². The molecule has 1 aromatic rings. The van der Waals surface area contributed by atoms with Crippen LogP contribution in [0.25, 0.3) is 0 Å². The van der Waals surface area contributed by atoms with Crippen molar-refractivity contribution in [1.29, 1.82) is 0 Å². The fourth-order valence-electron chi connectivity index (χ4n) is 4.09. The average Bonchev–Trinajstić information content (AvgIpc) is 2.65. The minimum absolute atomic E-state index is 0.126. The Morgan fingerprint density at radius 2 is 1.80 bits per heavy atom. The maximum absolute atomic E-state index is 14.0. The number of rotatable bonds is 4. The summed E-state index contributed by atoms with van der Waals surface area (Å²) in [5, 5.41) is 15.0. The molecule has 1 N–H and O–H groups in total. The van der Waals surface area contributed by atoms with Crippen LogP contribution >= 0.6 is 7.60 Å². The van der Waals surface area contributed by atoms with Crippen LogP contribution in [0, 0.1) is 10.1 Å². The van der Waals surface area contributed by atoms with Gasteiger partial charge in [0.1, 0.15) is 0 Å². The summed E-state index contributed by atoms with van der Waals surface area (Å²) in [6.07, 6.45) is -0.140. The van der Waals surface area contributed by atoms with Gasteiger partial charge in [-0.2, -0.15) is 0 Å². The molecule has 1 fully saturated rings. The Morgan fingerprint density at radius 1 is 1.20 bits per heavy atom. The Balaban J connectivity index is 2.30. The van der Waals surface area contributed by atoms with Gasteiger partial charge in [0, 0.05) is 29.4 Å². The second-order valence-electron chi connectivity index (χ2n) is 7.48. The van der Waals surface area contributed by atoms with Crippen LogP contribution in [0.1, 0.15) is 45.6 Å². The standard InChI is InChI=1S/C20H25N2O7P/c1-11-10-12(2)29-30(26,28-11)19-14(4)21-13(3)17(20(23)27-5)18(19)15-8-6-7-9-16(15)22(24)25/h6-9,11-12,18,21H,10H2,1-5H3. The van der Waals surface area contributed by atoms with Crippen molar-refractivity contribution < 1.29 is 28.1 Å². The molecular formula is C20H25N2O7P. The van der Waals surface area contributed by atoms with E-state index in [4.69, 9.17) is 13.8 Å². The number of ether oxygens (including phenoxy) is 1. The van der Waals surface area contributed by atoms with Gasteiger partial charge in [0.15, 0.2) is 0 Å². The largest absolute Gasteiger partial charge is 0.466 e. The number of hydrogen-bond donors (Lipinski definition) is 1. The molecule has 0 aliphatic carbocycles. The summed E-state index contributed by atoms with van der Waals surface area (Å²) in [6, 6.07) is 6.05. The van der Waals surface area contributed by atoms with Crippen LogP contribution in [-0.2, 0) is 23.1 Å². The number of esters is 1. The average molecular weight is 436 g/mol. The van der Waals surface area contributed by atoms with Gasteiger partial charge in [-0.15, -0.1) is 0 Å². The van der Waals surface area contributed by atoms with Gasteiger partial charge in [-0.25, -0.2) is 4.79 Å². The van der Waals surface area contributed by atoms with E-state index in [1.165, 1.54) is 19.2 Å². The lowest BCUT2D eigenvalue weighted by Gasteiger charge is -2.38. The first-order valence-electron chi connectivity index (χ1n) is 9.56. The van der Waals surface area contributed by atoms with Gasteiger partial charge in [-0.05, 0) is 27.7 Å². The molecule has 10 heteroatoms. The quantitative estimate of drug-likeness (QED) is 0.320. The number of nitro benzene ring substituents is 1. The molecule has 0 saturated carbocycles. The van der Waals surface area contributed by atoms with Crippen molar-refractivity contribution in [3.63, 3.8) is 0 Å². The molecule has 3 unspecified atom stereocenters. The first-order valence-corrected chi connectivity index (χ1v) is 11.1. The lowest BCUT2D eigenvalue weighted by molar-refractivity contribution is -0.385. The normalized spacial score (nSPS) is 29.4. The number of nitrogens with zero attached hydrogens (tertiary/aromatic N) is 1. The van der Waals surface area contributed by atoms with E-state index in [0.717, 1.165) is 0 Å². The van der Waals surface area contributed by atoms with Gasteiger partial charge < -0.3 is 19.1 Å². The summed E-state index contributed by atoms with van der Waals surface area (Å²) in [5.74, 6) is -1.71. The van der Waals surface area contributed by atoms with E-state index < -0.39 is 24.4 Å². The van der Waals surface area contributed by atoms with E-state index in [1.807, 2.05) is 0 Å². The first-order chi connectivity index (χ1) is 14.1. The van der Waals surface area contributed by atoms with Gasteiger partial charge in [0.05, 0.1) is 41.0 Å². The minimum atomic E-state index is -3.89. The van der Waals surface area contributed by atoms with Crippen LogP contribution in [0.2, 0.25) is 0 Å². The van der Waals surface area contributed by atoms with E-state index in [0.29, 0.717) is 17.8 Å². The van der Waals surface area contributed by atoms with Gasteiger partial charge in [-0.3, -0.25) is 14.7 Å². The summed E-state index contributed by atoms with van der Waals surface area (Å²) >= 11 is 0. The van der Waals surface area contributed by atoms with E-state index >= 15 is 0 Å². The number of carbonyl (C=O) groups excluding carboxylic acids is 1. The topological polar surface area (TPSA) is 117 Å². The summed E-state index contributed by atoms with van der Waals surface area (Å²) in [5.41, 5.74) is 1.06. The van der Waals surface area contributed by atoms with Crippen LogP contribution in [0.4, 0.5) is 5.69 Å². The Labute approximate surface area is 174 Å². The number of benzene rings is 1. The van der Waals surface area contributed by atoms with E-state index in [-0.39, 0.29) is 34.3 Å². The molecule has 30 heavy (non-hydrogen) atoms. The fourth-order valence-corrected chi connectivity index (χ4v) is 6.54. The van der Waals surface area contributed by atoms with Crippen LogP contribution < -0.4 is 5.32 Å². The second-order valence-corrected chi connectivity index (χ2v) is 9.38. The Hall–Kier alpha value is -2.48. The van der Waals surface area contributed by atoms with E-state index in [2.05, 4.69) is 5.32 Å². The van der Waals surface area contributed by atoms with Gasteiger partial charge >= 0.3 is 13.6 Å². The van der Waals surface area contributed by atoms with Crippen molar-refractivity contribution in [2.45, 2.75) is 52.2 Å². The molecule has 2 aliphatic rings. The summed E-state index contributed by atoms with van der Waals surface area (Å²) in [7, 11) is -2.66. The SMILES string of the molecule is COC(=O)C1=C(C)NC(C)=C(P2(=O)OC(C)CC(C)O2)C1c1ccccc1[N+](=O)[O-]. The molecule has 0 spiro atoms. The summed E-state index contributed by atoms with van der Waals surface area (Å²) in [6.45, 7) is 6.93. The van der Waals surface area contributed by atoms with Crippen molar-refractivity contribution in [1.82, 2.24) is 5.32 Å². The Kier molecular flexibility index (Phi) is 6.17. The van der Waals surface area contributed by atoms with Crippen molar-refractivity contribution >= 4 is 19.3 Å². The van der Waals surface area contributed by atoms with Gasteiger partial charge in [-0.1, -0.05) is 18.2 Å². The zero-order valence-corrected chi connectivity index (χ0v) is 18.4. The Morgan fingerprint density at radius 3 is 2.37 bits per heavy atom. The van der Waals surface area contributed by atoms with Crippen molar-refractivity contribution in [3.05, 3.63) is 62.2 Å². The third-order valence-corrected chi connectivity index (χ3v) is 7.63. The summed E-state index contributed by atoms with van der Waals surface area (Å²) in [4.78, 5) is 23.9. The smallest absolute Gasteiger partial charge is 0.360 e. The predicted octanol–water partition coefficient (Wildman–Crippen LogP) is 4.37. The number of para-hydroxylation sites is 1. The predicted molar refractivity (Wildman–Crippen MR) is 110 cm³/mol. The van der Waals surface area contributed by atoms with E-state index in [9.17, 15) is 19.5 Å². The maximum atomic E-state index is 14.0. The van der Waals surface area contributed by atoms with Crippen LogP contribution in [-0.4, -0.2) is 30.2 Å². The van der Waals surface area contributed by atoms with Crippen LogP contribution in [0.15, 0.2) is 46.5 Å². The van der Waals surface area contributed by atoms with Gasteiger partial charge in [0.2, 0.25) is 0 Å². The highest BCUT2D eigenvalue weighted by atomic mass is 31.2. The molecule has 0 aromatic heterocycles. The maximum Gasteiger partial charge on any atom is 0.360 e. The molecule has 3 rings (SSSR count). The fraction of sp³-hybridized carbons (Fsp3) is 0.450. The van der Waals surface area contributed by atoms with E-state index in [1.54, 1.807) is 39.8 Å². The highest BCUT2D eigenvalue weighted by Gasteiger charge is 2.49.